The second kappa shape index (κ2) is 13.5. The molecule has 8 nitrogen and oxygen atoms in total. The van der Waals surface area contributed by atoms with Crippen LogP contribution in [0.5, 0.6) is 5.75 Å². The SMILES string of the molecule is C=C[C@]1(C)C[C@@H](OC(=O)CSc2cc[n+](CC(=O)NCCc3ccc(O)cc3)cc2)[C@]2(C)[C@H](C)CC[C@]3(CCC(=O)[C@H]32)[C@@H](C)[C@@H]1O. The van der Waals surface area contributed by atoms with Gasteiger partial charge >= 0.3 is 5.97 Å². The number of aliphatic hydroxyl groups excluding tert-OH is 1. The molecule has 1 amide bonds. The number of aromatic hydroxyl groups is 1. The van der Waals surface area contributed by atoms with Gasteiger partial charge in [0.05, 0.1) is 11.9 Å². The molecule has 3 aliphatic rings. The van der Waals surface area contributed by atoms with Gasteiger partial charge in [0, 0.05) is 46.7 Å². The molecule has 1 aromatic heterocycles. The van der Waals surface area contributed by atoms with E-state index in [2.05, 4.69) is 32.7 Å². The molecule has 1 heterocycles. The molecule has 3 N–H and O–H groups in total. The lowest BCUT2D eigenvalue weighted by Crippen LogP contribution is -2.63. The van der Waals surface area contributed by atoms with Gasteiger partial charge in [-0.15, -0.1) is 18.3 Å². The molecule has 0 saturated heterocycles. The van der Waals surface area contributed by atoms with E-state index in [0.717, 1.165) is 29.7 Å². The van der Waals surface area contributed by atoms with Crippen LogP contribution >= 0.6 is 11.8 Å². The van der Waals surface area contributed by atoms with Gasteiger partial charge in [0.1, 0.15) is 17.6 Å². The van der Waals surface area contributed by atoms with Crippen molar-refractivity contribution in [2.24, 2.45) is 34.0 Å². The molecule has 5 rings (SSSR count). The minimum absolute atomic E-state index is 0.0663. The van der Waals surface area contributed by atoms with E-state index in [1.165, 1.54) is 11.8 Å². The van der Waals surface area contributed by atoms with Crippen LogP contribution < -0.4 is 9.88 Å². The molecule has 0 aliphatic heterocycles. The number of carbonyl (C=O) groups excluding carboxylic acids is 3. The number of benzene rings is 1. The minimum atomic E-state index is -0.690. The number of nitrogens with one attached hydrogen (secondary N) is 1. The number of ketones is 1. The number of thioether (sulfide) groups is 1. The van der Waals surface area contributed by atoms with E-state index < -0.39 is 23.0 Å². The number of phenols is 1. The van der Waals surface area contributed by atoms with E-state index in [1.54, 1.807) is 16.7 Å². The van der Waals surface area contributed by atoms with Crippen molar-refractivity contribution in [1.29, 1.82) is 0 Å². The third-order valence-corrected chi connectivity index (χ3v) is 12.8. The second-order valence-corrected chi connectivity index (χ2v) is 15.4. The zero-order valence-electron chi connectivity index (χ0n) is 27.5. The van der Waals surface area contributed by atoms with Gasteiger partial charge in [0.25, 0.3) is 5.91 Å². The summed E-state index contributed by atoms with van der Waals surface area (Å²) >= 11 is 1.37. The molecule has 3 aliphatic carbocycles. The number of nitrogens with zero attached hydrogens (tertiary/aromatic N) is 1. The molecule has 2 aromatic rings. The van der Waals surface area contributed by atoms with Crippen LogP contribution in [0.3, 0.4) is 0 Å². The summed E-state index contributed by atoms with van der Waals surface area (Å²) in [7, 11) is 0. The Morgan fingerprint density at radius 2 is 1.83 bits per heavy atom. The largest absolute Gasteiger partial charge is 0.508 e. The molecular weight excluding hydrogens is 600 g/mol. The predicted octanol–water partition coefficient (Wildman–Crippen LogP) is 5.04. The van der Waals surface area contributed by atoms with Gasteiger partial charge < -0.3 is 20.3 Å². The summed E-state index contributed by atoms with van der Waals surface area (Å²) in [6, 6.07) is 10.7. The maximum absolute atomic E-state index is 13.6. The fraction of sp³-hybridized carbons (Fsp3) is 0.568. The molecule has 0 spiro atoms. The Labute approximate surface area is 277 Å². The number of rotatable bonds is 10. The van der Waals surface area contributed by atoms with Gasteiger partial charge in [-0.25, -0.2) is 0 Å². The van der Waals surface area contributed by atoms with Crippen molar-refractivity contribution in [3.63, 3.8) is 0 Å². The third-order valence-electron chi connectivity index (χ3n) is 11.8. The standard InChI is InChI=1S/C37H48N2O6S/c1-6-35(4)21-30(36(5)24(2)11-16-37(25(3)34(35)44)17-12-29(41)33(36)37)45-32(43)23-46-28-14-19-39(20-15-28)22-31(42)38-18-13-26-7-9-27(40)10-8-26/h6-10,14-15,19-20,24-25,30,33-34,44H,1,11-13,16-18,21-23H2,2-5H3,(H-,38,40,42)/p+1/t24-,25+,30-,33+,34+,35-,36+,37+/m1/s1. The Balaban J connectivity index is 1.21. The first-order valence-electron chi connectivity index (χ1n) is 16.5. The van der Waals surface area contributed by atoms with E-state index in [-0.39, 0.29) is 58.9 Å². The number of carbonyl (C=O) groups is 3. The van der Waals surface area contributed by atoms with Crippen LogP contribution in [0.1, 0.15) is 65.4 Å². The third kappa shape index (κ3) is 6.50. The molecule has 2 bridgehead atoms. The number of hydrogen-bond acceptors (Lipinski definition) is 7. The number of amides is 1. The second-order valence-electron chi connectivity index (χ2n) is 14.3. The van der Waals surface area contributed by atoms with Crippen molar-refractivity contribution < 1.29 is 33.9 Å². The number of Topliss-reactive ketones (excluding diaryl/α,β-unsaturated/α-hetero) is 1. The molecule has 46 heavy (non-hydrogen) atoms. The molecule has 8 atom stereocenters. The summed E-state index contributed by atoms with van der Waals surface area (Å²) in [4.78, 5) is 40.4. The number of ether oxygens (including phenoxy) is 1. The topological polar surface area (TPSA) is 117 Å². The Morgan fingerprint density at radius 3 is 2.50 bits per heavy atom. The Morgan fingerprint density at radius 1 is 1.13 bits per heavy atom. The minimum Gasteiger partial charge on any atom is -0.508 e. The van der Waals surface area contributed by atoms with Crippen molar-refractivity contribution in [2.45, 2.75) is 89.9 Å². The quantitative estimate of drug-likeness (QED) is 0.143. The lowest BCUT2D eigenvalue weighted by molar-refractivity contribution is -0.684. The summed E-state index contributed by atoms with van der Waals surface area (Å²) in [5.74, 6) is -0.00645. The Kier molecular flexibility index (Phi) is 10.0. The molecule has 9 heteroatoms. The summed E-state index contributed by atoms with van der Waals surface area (Å²) in [6.07, 6.45) is 8.44. The van der Waals surface area contributed by atoms with E-state index in [4.69, 9.17) is 4.74 Å². The molecule has 248 valence electrons. The maximum atomic E-state index is 13.6. The van der Waals surface area contributed by atoms with Crippen molar-refractivity contribution >= 4 is 29.4 Å². The zero-order chi connectivity index (χ0) is 33.3. The van der Waals surface area contributed by atoms with Crippen LogP contribution in [0.4, 0.5) is 0 Å². The van der Waals surface area contributed by atoms with Crippen LogP contribution in [0, 0.1) is 34.0 Å². The van der Waals surface area contributed by atoms with Crippen LogP contribution in [-0.2, 0) is 32.1 Å². The zero-order valence-corrected chi connectivity index (χ0v) is 28.4. The maximum Gasteiger partial charge on any atom is 0.316 e. The lowest BCUT2D eigenvalue weighted by Gasteiger charge is -2.61. The summed E-state index contributed by atoms with van der Waals surface area (Å²) < 4.78 is 8.14. The van der Waals surface area contributed by atoms with Gasteiger partial charge in [-0.1, -0.05) is 45.9 Å². The van der Waals surface area contributed by atoms with Crippen molar-refractivity contribution in [2.75, 3.05) is 12.3 Å². The number of phenolic OH excluding ortho intramolecular Hbond substituents is 1. The fourth-order valence-electron chi connectivity index (χ4n) is 8.71. The summed E-state index contributed by atoms with van der Waals surface area (Å²) in [6.45, 7) is 13.2. The Bertz CT molecular complexity index is 1450. The van der Waals surface area contributed by atoms with E-state index in [9.17, 15) is 24.6 Å². The number of hydrogen-bond donors (Lipinski definition) is 3. The smallest absolute Gasteiger partial charge is 0.316 e. The summed E-state index contributed by atoms with van der Waals surface area (Å²) in [5.41, 5.74) is -0.465. The van der Waals surface area contributed by atoms with Gasteiger partial charge in [0.15, 0.2) is 12.4 Å². The van der Waals surface area contributed by atoms with E-state index in [1.807, 2.05) is 49.7 Å². The van der Waals surface area contributed by atoms with Crippen LogP contribution in [0.2, 0.25) is 0 Å². The van der Waals surface area contributed by atoms with Crippen LogP contribution in [0.15, 0.2) is 66.3 Å². The number of esters is 1. The monoisotopic (exact) mass is 649 g/mol. The van der Waals surface area contributed by atoms with E-state index in [0.29, 0.717) is 25.8 Å². The van der Waals surface area contributed by atoms with Crippen molar-refractivity contribution in [3.05, 3.63) is 67.0 Å². The van der Waals surface area contributed by atoms with Gasteiger partial charge in [-0.2, -0.15) is 4.57 Å². The van der Waals surface area contributed by atoms with Crippen LogP contribution in [0.25, 0.3) is 0 Å². The van der Waals surface area contributed by atoms with E-state index >= 15 is 0 Å². The summed E-state index contributed by atoms with van der Waals surface area (Å²) in [5, 5.41) is 24.0. The Hall–Kier alpha value is -3.17. The highest BCUT2D eigenvalue weighted by molar-refractivity contribution is 8.00. The molecule has 1 aromatic carbocycles. The molecule has 0 radical (unpaired) electrons. The first kappa shape index (κ1) is 34.2. The molecule has 0 unspecified atom stereocenters. The normalized spacial score (nSPS) is 33.8. The van der Waals surface area contributed by atoms with Crippen LogP contribution in [-0.4, -0.2) is 52.4 Å². The highest BCUT2D eigenvalue weighted by atomic mass is 32.2. The van der Waals surface area contributed by atoms with Crippen molar-refractivity contribution in [1.82, 2.24) is 5.32 Å². The molecular formula is C37H49N2O6S+. The van der Waals surface area contributed by atoms with Gasteiger partial charge in [0.2, 0.25) is 6.54 Å². The average molecular weight is 650 g/mol. The number of pyridine rings is 1. The molecule has 3 fully saturated rings. The first-order chi connectivity index (χ1) is 21.8. The fourth-order valence-corrected chi connectivity index (χ4v) is 9.38. The van der Waals surface area contributed by atoms with Crippen molar-refractivity contribution in [3.8, 4) is 5.75 Å². The predicted molar refractivity (Wildman–Crippen MR) is 177 cm³/mol. The van der Waals surface area contributed by atoms with Gasteiger partial charge in [-0.05, 0) is 67.1 Å². The first-order valence-corrected chi connectivity index (χ1v) is 17.5. The number of aliphatic hydroxyl groups is 1. The molecule has 3 saturated carbocycles. The average Bonchev–Trinajstić information content (AvgIpc) is 3.40. The van der Waals surface area contributed by atoms with Gasteiger partial charge in [-0.3, -0.25) is 14.4 Å². The number of aromatic nitrogens is 1. The lowest BCUT2D eigenvalue weighted by atomic mass is 9.44. The highest BCUT2D eigenvalue weighted by Gasteiger charge is 2.68. The highest BCUT2D eigenvalue weighted by Crippen LogP contribution is 2.68.